The van der Waals surface area contributed by atoms with E-state index in [1.54, 1.807) is 0 Å². The minimum Gasteiger partial charge on any atom is -0.311 e. The lowest BCUT2D eigenvalue weighted by atomic mass is 9.87. The molecule has 1 aliphatic heterocycles. The molecule has 3 rings (SSSR count). The van der Waals surface area contributed by atoms with Gasteiger partial charge < -0.3 is 5.32 Å². The molecule has 0 bridgehead atoms. The van der Waals surface area contributed by atoms with Crippen LogP contribution in [0.2, 0.25) is 0 Å². The first-order chi connectivity index (χ1) is 9.58. The Morgan fingerprint density at radius 3 is 2.80 bits per heavy atom. The molecule has 104 valence electrons. The van der Waals surface area contributed by atoms with Crippen LogP contribution in [-0.2, 0) is 4.79 Å². The van der Waals surface area contributed by atoms with Crippen LogP contribution in [0.15, 0.2) is 34.9 Å². The van der Waals surface area contributed by atoms with Gasteiger partial charge in [-0.05, 0) is 25.5 Å². The van der Waals surface area contributed by atoms with Crippen LogP contribution in [0, 0.1) is 0 Å². The summed E-state index contributed by atoms with van der Waals surface area (Å²) in [5, 5.41) is 7.38. The van der Waals surface area contributed by atoms with Crippen molar-refractivity contribution in [2.45, 2.75) is 32.2 Å². The van der Waals surface area contributed by atoms with Crippen molar-refractivity contribution < 1.29 is 4.79 Å². The largest absolute Gasteiger partial charge is 0.311 e. The number of fused-ring (bicyclic) bond motifs is 1. The van der Waals surface area contributed by atoms with E-state index in [1.807, 2.05) is 29.1 Å². The molecule has 0 spiro atoms. The first-order valence-corrected chi connectivity index (χ1v) is 7.49. The number of nitrogens with zero attached hydrogens (tertiary/aromatic N) is 2. The number of rotatable bonds is 2. The van der Waals surface area contributed by atoms with Crippen LogP contribution in [0.1, 0.15) is 43.4 Å². The minimum absolute atomic E-state index is 0.0423. The highest BCUT2D eigenvalue weighted by molar-refractivity contribution is 9.10. The van der Waals surface area contributed by atoms with Gasteiger partial charge in [0.05, 0.1) is 6.20 Å². The van der Waals surface area contributed by atoms with Crippen molar-refractivity contribution in [3.8, 4) is 0 Å². The van der Waals surface area contributed by atoms with E-state index in [-0.39, 0.29) is 17.9 Å². The van der Waals surface area contributed by atoms with Gasteiger partial charge in [-0.3, -0.25) is 4.79 Å². The Morgan fingerprint density at radius 1 is 1.35 bits per heavy atom. The van der Waals surface area contributed by atoms with Crippen LogP contribution >= 0.6 is 15.9 Å². The smallest absolute Gasteiger partial charge is 0.226 e. The van der Waals surface area contributed by atoms with Gasteiger partial charge in [0, 0.05) is 28.4 Å². The Hall–Kier alpha value is -1.62. The molecule has 1 aromatic carbocycles. The number of halogens is 1. The molecule has 0 radical (unpaired) electrons. The van der Waals surface area contributed by atoms with Crippen LogP contribution in [0.3, 0.4) is 0 Å². The number of carbonyl (C=O) groups is 1. The third-order valence-electron chi connectivity index (χ3n) is 3.62. The molecule has 1 aromatic heterocycles. The summed E-state index contributed by atoms with van der Waals surface area (Å²) in [5.41, 5.74) is 2.22. The number of nitrogens with one attached hydrogen (secondary N) is 1. The maximum absolute atomic E-state index is 12.0. The molecule has 0 fully saturated rings. The van der Waals surface area contributed by atoms with Crippen molar-refractivity contribution in [2.75, 3.05) is 5.32 Å². The predicted octanol–water partition coefficient (Wildman–Crippen LogP) is 3.70. The number of benzene rings is 1. The van der Waals surface area contributed by atoms with E-state index in [9.17, 15) is 4.79 Å². The fourth-order valence-electron chi connectivity index (χ4n) is 2.67. The predicted molar refractivity (Wildman–Crippen MR) is 81.8 cm³/mol. The normalized spacial score (nSPS) is 18.0. The number of hydrogen-bond acceptors (Lipinski definition) is 2. The topological polar surface area (TPSA) is 46.9 Å². The molecular formula is C15H16BrN3O. The van der Waals surface area contributed by atoms with Crippen molar-refractivity contribution in [2.24, 2.45) is 0 Å². The first kappa shape index (κ1) is 13.4. The molecule has 2 aromatic rings. The van der Waals surface area contributed by atoms with Crippen LogP contribution in [0.25, 0.3) is 0 Å². The zero-order valence-electron chi connectivity index (χ0n) is 11.4. The lowest BCUT2D eigenvalue weighted by Crippen LogP contribution is -2.25. The van der Waals surface area contributed by atoms with E-state index in [2.05, 4.69) is 46.3 Å². The SMILES string of the molecule is CC(C)n1ncc2c1NC(=O)CC2c1ccccc1Br. The zero-order chi connectivity index (χ0) is 14.3. The van der Waals surface area contributed by atoms with Gasteiger partial charge in [0.15, 0.2) is 0 Å². The molecule has 2 heterocycles. The van der Waals surface area contributed by atoms with Gasteiger partial charge in [-0.25, -0.2) is 4.68 Å². The number of aromatic nitrogens is 2. The Kier molecular flexibility index (Phi) is 3.38. The lowest BCUT2D eigenvalue weighted by Gasteiger charge is -2.25. The molecule has 1 N–H and O–H groups in total. The van der Waals surface area contributed by atoms with E-state index in [0.29, 0.717) is 6.42 Å². The summed E-state index contributed by atoms with van der Waals surface area (Å²) in [6, 6.07) is 8.27. The van der Waals surface area contributed by atoms with Gasteiger partial charge in [0.25, 0.3) is 0 Å². The monoisotopic (exact) mass is 333 g/mol. The second kappa shape index (κ2) is 5.05. The highest BCUT2D eigenvalue weighted by atomic mass is 79.9. The number of carbonyl (C=O) groups excluding carboxylic acids is 1. The molecule has 5 heteroatoms. The maximum Gasteiger partial charge on any atom is 0.226 e. The summed E-state index contributed by atoms with van der Waals surface area (Å²) in [6.07, 6.45) is 2.33. The standard InChI is InChI=1S/C15H16BrN3O/c1-9(2)19-15-12(8-17-19)11(7-14(20)18-15)10-5-3-4-6-13(10)16/h3-6,8-9,11H,7H2,1-2H3,(H,18,20). The van der Waals surface area contributed by atoms with Crippen molar-refractivity contribution in [3.05, 3.63) is 46.1 Å². The average Bonchev–Trinajstić information content (AvgIpc) is 2.82. The van der Waals surface area contributed by atoms with Gasteiger partial charge in [0.1, 0.15) is 5.82 Å². The molecule has 4 nitrogen and oxygen atoms in total. The molecule has 1 atom stereocenters. The molecular weight excluding hydrogens is 318 g/mol. The third-order valence-corrected chi connectivity index (χ3v) is 4.34. The Morgan fingerprint density at radius 2 is 2.10 bits per heavy atom. The molecule has 0 aliphatic carbocycles. The minimum atomic E-state index is 0.0423. The van der Waals surface area contributed by atoms with E-state index in [4.69, 9.17) is 0 Å². The van der Waals surface area contributed by atoms with Crippen LogP contribution < -0.4 is 5.32 Å². The van der Waals surface area contributed by atoms with Crippen LogP contribution in [0.4, 0.5) is 5.82 Å². The van der Waals surface area contributed by atoms with E-state index in [1.165, 1.54) is 0 Å². The second-order valence-corrected chi connectivity index (χ2v) is 6.17. The zero-order valence-corrected chi connectivity index (χ0v) is 13.0. The number of amides is 1. The molecule has 0 saturated heterocycles. The third kappa shape index (κ3) is 2.16. The van der Waals surface area contributed by atoms with Crippen molar-refractivity contribution in [1.82, 2.24) is 9.78 Å². The fraction of sp³-hybridized carbons (Fsp3) is 0.333. The average molecular weight is 334 g/mol. The Bertz CT molecular complexity index is 663. The number of hydrogen-bond donors (Lipinski definition) is 1. The van der Waals surface area contributed by atoms with E-state index < -0.39 is 0 Å². The maximum atomic E-state index is 12.0. The number of anilines is 1. The van der Waals surface area contributed by atoms with Crippen molar-refractivity contribution in [1.29, 1.82) is 0 Å². The highest BCUT2D eigenvalue weighted by Gasteiger charge is 2.31. The van der Waals surface area contributed by atoms with Gasteiger partial charge in [-0.15, -0.1) is 0 Å². The molecule has 1 unspecified atom stereocenters. The molecule has 0 saturated carbocycles. The van der Waals surface area contributed by atoms with Crippen LogP contribution in [-0.4, -0.2) is 15.7 Å². The van der Waals surface area contributed by atoms with E-state index >= 15 is 0 Å². The summed E-state index contributed by atoms with van der Waals surface area (Å²) in [7, 11) is 0. The Balaban J connectivity index is 2.12. The highest BCUT2D eigenvalue weighted by Crippen LogP contribution is 2.40. The lowest BCUT2D eigenvalue weighted by molar-refractivity contribution is -0.116. The summed E-state index contributed by atoms with van der Waals surface area (Å²) < 4.78 is 2.90. The van der Waals surface area contributed by atoms with Gasteiger partial charge >= 0.3 is 0 Å². The van der Waals surface area contributed by atoms with Gasteiger partial charge in [-0.2, -0.15) is 5.10 Å². The van der Waals surface area contributed by atoms with Gasteiger partial charge in [-0.1, -0.05) is 34.1 Å². The van der Waals surface area contributed by atoms with Crippen molar-refractivity contribution >= 4 is 27.7 Å². The summed E-state index contributed by atoms with van der Waals surface area (Å²) in [5.74, 6) is 0.930. The quantitative estimate of drug-likeness (QED) is 0.910. The summed E-state index contributed by atoms with van der Waals surface area (Å²) in [6.45, 7) is 4.11. The van der Waals surface area contributed by atoms with E-state index in [0.717, 1.165) is 21.4 Å². The summed E-state index contributed by atoms with van der Waals surface area (Å²) >= 11 is 3.58. The molecule has 20 heavy (non-hydrogen) atoms. The van der Waals surface area contributed by atoms with Crippen LogP contribution in [0.5, 0.6) is 0 Å². The van der Waals surface area contributed by atoms with Crippen molar-refractivity contribution in [3.63, 3.8) is 0 Å². The first-order valence-electron chi connectivity index (χ1n) is 6.69. The fourth-order valence-corrected chi connectivity index (χ4v) is 3.23. The molecule has 1 amide bonds. The Labute approximate surface area is 126 Å². The summed E-state index contributed by atoms with van der Waals surface area (Å²) in [4.78, 5) is 12.0. The molecule has 1 aliphatic rings. The van der Waals surface area contributed by atoms with Gasteiger partial charge in [0.2, 0.25) is 5.91 Å². The second-order valence-electron chi connectivity index (χ2n) is 5.31.